The average Bonchev–Trinajstić information content (AvgIpc) is 2.82. The minimum atomic E-state index is -0.194. The van der Waals surface area contributed by atoms with Gasteiger partial charge in [-0.05, 0) is 43.5 Å². The van der Waals surface area contributed by atoms with Crippen LogP contribution in [0.2, 0.25) is 0 Å². The fourth-order valence-electron chi connectivity index (χ4n) is 3.20. The highest BCUT2D eigenvalue weighted by Gasteiger charge is 2.28. The zero-order chi connectivity index (χ0) is 16.6. The van der Waals surface area contributed by atoms with Crippen LogP contribution in [0.25, 0.3) is 0 Å². The maximum absolute atomic E-state index is 12.4. The Kier molecular flexibility index (Phi) is 4.07. The minimum absolute atomic E-state index is 0.0138. The summed E-state index contributed by atoms with van der Waals surface area (Å²) >= 11 is 0. The van der Waals surface area contributed by atoms with Crippen LogP contribution in [-0.4, -0.2) is 35.7 Å². The molecule has 23 heavy (non-hydrogen) atoms. The molecule has 0 aliphatic carbocycles. The second kappa shape index (κ2) is 6.02. The largest absolute Gasteiger partial charge is 0.343 e. The van der Waals surface area contributed by atoms with Crippen molar-refractivity contribution in [1.82, 2.24) is 4.90 Å². The van der Waals surface area contributed by atoms with E-state index in [2.05, 4.69) is 10.6 Å². The SMILES string of the molecule is CC(=O)N1CCC(C(=O)Nc2ccc3c(c2)C(C)C(=O)N3)CC1. The van der Waals surface area contributed by atoms with Crippen molar-refractivity contribution in [2.45, 2.75) is 32.6 Å². The molecule has 1 atom stereocenters. The van der Waals surface area contributed by atoms with E-state index in [1.54, 1.807) is 17.9 Å². The quantitative estimate of drug-likeness (QED) is 0.875. The summed E-state index contributed by atoms with van der Waals surface area (Å²) in [5, 5.41) is 5.76. The first kappa shape index (κ1) is 15.5. The summed E-state index contributed by atoms with van der Waals surface area (Å²) in [6.07, 6.45) is 1.37. The van der Waals surface area contributed by atoms with Gasteiger partial charge in [-0.15, -0.1) is 0 Å². The number of amides is 3. The molecule has 2 aliphatic rings. The van der Waals surface area contributed by atoms with E-state index < -0.39 is 0 Å². The van der Waals surface area contributed by atoms with Crippen molar-refractivity contribution < 1.29 is 14.4 Å². The first-order chi connectivity index (χ1) is 11.0. The zero-order valence-corrected chi connectivity index (χ0v) is 13.4. The molecule has 6 heteroatoms. The molecular weight excluding hydrogens is 294 g/mol. The first-order valence-corrected chi connectivity index (χ1v) is 7.97. The highest BCUT2D eigenvalue weighted by Crippen LogP contribution is 2.34. The number of nitrogens with one attached hydrogen (secondary N) is 2. The lowest BCUT2D eigenvalue weighted by atomic mass is 9.95. The van der Waals surface area contributed by atoms with Gasteiger partial charge in [-0.2, -0.15) is 0 Å². The van der Waals surface area contributed by atoms with Crippen LogP contribution >= 0.6 is 0 Å². The molecule has 3 amide bonds. The summed E-state index contributed by atoms with van der Waals surface area (Å²) < 4.78 is 0. The number of hydrogen-bond donors (Lipinski definition) is 2. The number of carbonyl (C=O) groups is 3. The lowest BCUT2D eigenvalue weighted by Gasteiger charge is -2.30. The number of rotatable bonds is 2. The standard InChI is InChI=1S/C17H21N3O3/c1-10-14-9-13(3-4-15(14)19-16(10)22)18-17(23)12-5-7-20(8-6-12)11(2)21/h3-4,9-10,12H,5-8H2,1-2H3,(H,18,23)(H,19,22). The Balaban J connectivity index is 1.63. The fraction of sp³-hybridized carbons (Fsp3) is 0.471. The topological polar surface area (TPSA) is 78.5 Å². The maximum atomic E-state index is 12.4. The van der Waals surface area contributed by atoms with Crippen molar-refractivity contribution in [1.29, 1.82) is 0 Å². The van der Waals surface area contributed by atoms with Gasteiger partial charge < -0.3 is 15.5 Å². The molecule has 0 aromatic heterocycles. The number of fused-ring (bicyclic) bond motifs is 1. The fourth-order valence-corrected chi connectivity index (χ4v) is 3.20. The Morgan fingerprint density at radius 3 is 2.61 bits per heavy atom. The summed E-state index contributed by atoms with van der Waals surface area (Å²) in [6, 6.07) is 5.49. The van der Waals surface area contributed by atoms with Gasteiger partial charge in [0.1, 0.15) is 0 Å². The van der Waals surface area contributed by atoms with Gasteiger partial charge in [0.05, 0.1) is 5.92 Å². The molecule has 2 aliphatic heterocycles. The summed E-state index contributed by atoms with van der Waals surface area (Å²) in [5.41, 5.74) is 2.44. The van der Waals surface area contributed by atoms with Gasteiger partial charge in [-0.1, -0.05) is 0 Å². The summed E-state index contributed by atoms with van der Waals surface area (Å²) in [4.78, 5) is 37.2. The molecule has 1 aromatic rings. The number of carbonyl (C=O) groups excluding carboxylic acids is 3. The molecule has 2 N–H and O–H groups in total. The number of piperidine rings is 1. The third-order valence-corrected chi connectivity index (χ3v) is 4.75. The van der Waals surface area contributed by atoms with Gasteiger partial charge in [0.25, 0.3) is 0 Å². The summed E-state index contributed by atoms with van der Waals surface area (Å²) in [7, 11) is 0. The third-order valence-electron chi connectivity index (χ3n) is 4.75. The Hall–Kier alpha value is -2.37. The van der Waals surface area contributed by atoms with Gasteiger partial charge in [0.2, 0.25) is 17.7 Å². The Bertz CT molecular complexity index is 663. The highest BCUT2D eigenvalue weighted by atomic mass is 16.2. The Labute approximate surface area is 135 Å². The molecular formula is C17H21N3O3. The average molecular weight is 315 g/mol. The van der Waals surface area contributed by atoms with Crippen LogP contribution in [0.15, 0.2) is 18.2 Å². The molecule has 0 bridgehead atoms. The lowest BCUT2D eigenvalue weighted by Crippen LogP contribution is -2.40. The number of benzene rings is 1. The molecule has 0 spiro atoms. The Morgan fingerprint density at radius 2 is 1.96 bits per heavy atom. The smallest absolute Gasteiger partial charge is 0.231 e. The number of hydrogen-bond acceptors (Lipinski definition) is 3. The van der Waals surface area contributed by atoms with Crippen LogP contribution in [-0.2, 0) is 14.4 Å². The number of likely N-dealkylation sites (tertiary alicyclic amines) is 1. The van der Waals surface area contributed by atoms with E-state index in [1.165, 1.54) is 0 Å². The molecule has 6 nitrogen and oxygen atoms in total. The summed E-state index contributed by atoms with van der Waals surface area (Å²) in [5.74, 6) is -0.233. The highest BCUT2D eigenvalue weighted by molar-refractivity contribution is 6.03. The molecule has 1 fully saturated rings. The molecule has 2 heterocycles. The van der Waals surface area contributed by atoms with Crippen molar-refractivity contribution in [2.24, 2.45) is 5.92 Å². The van der Waals surface area contributed by atoms with E-state index >= 15 is 0 Å². The second-order valence-corrected chi connectivity index (χ2v) is 6.28. The number of nitrogens with zero attached hydrogens (tertiary/aromatic N) is 1. The predicted octanol–water partition coefficient (Wildman–Crippen LogP) is 1.94. The number of anilines is 2. The lowest BCUT2D eigenvalue weighted by molar-refractivity contribution is -0.132. The van der Waals surface area contributed by atoms with Gasteiger partial charge in [-0.25, -0.2) is 0 Å². The molecule has 0 radical (unpaired) electrons. The van der Waals surface area contributed by atoms with Crippen molar-refractivity contribution in [3.8, 4) is 0 Å². The van der Waals surface area contributed by atoms with Crippen LogP contribution in [0.1, 0.15) is 38.2 Å². The molecule has 1 aromatic carbocycles. The van der Waals surface area contributed by atoms with Crippen LogP contribution in [0.3, 0.4) is 0 Å². The van der Waals surface area contributed by atoms with Crippen LogP contribution in [0.4, 0.5) is 11.4 Å². The first-order valence-electron chi connectivity index (χ1n) is 7.97. The van der Waals surface area contributed by atoms with E-state index in [1.807, 2.05) is 19.1 Å². The molecule has 0 saturated carbocycles. The molecule has 1 unspecified atom stereocenters. The van der Waals surface area contributed by atoms with Gasteiger partial charge in [-0.3, -0.25) is 14.4 Å². The minimum Gasteiger partial charge on any atom is -0.343 e. The van der Waals surface area contributed by atoms with Gasteiger partial charge in [0.15, 0.2) is 0 Å². The zero-order valence-electron chi connectivity index (χ0n) is 13.4. The van der Waals surface area contributed by atoms with E-state index in [4.69, 9.17) is 0 Å². The predicted molar refractivity (Wildman–Crippen MR) is 87.1 cm³/mol. The maximum Gasteiger partial charge on any atom is 0.231 e. The van der Waals surface area contributed by atoms with Crippen LogP contribution in [0, 0.1) is 5.92 Å². The summed E-state index contributed by atoms with van der Waals surface area (Å²) in [6.45, 7) is 4.67. The van der Waals surface area contributed by atoms with E-state index in [0.717, 1.165) is 11.3 Å². The van der Waals surface area contributed by atoms with Gasteiger partial charge in [0, 0.05) is 37.3 Å². The van der Waals surface area contributed by atoms with Crippen LogP contribution < -0.4 is 10.6 Å². The molecule has 1 saturated heterocycles. The monoisotopic (exact) mass is 315 g/mol. The van der Waals surface area contributed by atoms with E-state index in [9.17, 15) is 14.4 Å². The third kappa shape index (κ3) is 3.06. The Morgan fingerprint density at radius 1 is 1.26 bits per heavy atom. The van der Waals surface area contributed by atoms with Crippen molar-refractivity contribution >= 4 is 29.1 Å². The van der Waals surface area contributed by atoms with Crippen molar-refractivity contribution in [3.05, 3.63) is 23.8 Å². The second-order valence-electron chi connectivity index (χ2n) is 6.28. The van der Waals surface area contributed by atoms with Gasteiger partial charge >= 0.3 is 0 Å². The van der Waals surface area contributed by atoms with Crippen LogP contribution in [0.5, 0.6) is 0 Å². The van der Waals surface area contributed by atoms with E-state index in [0.29, 0.717) is 31.6 Å². The van der Waals surface area contributed by atoms with Crippen molar-refractivity contribution in [3.63, 3.8) is 0 Å². The normalized spacial score (nSPS) is 20.9. The molecule has 3 rings (SSSR count). The van der Waals surface area contributed by atoms with Crippen molar-refractivity contribution in [2.75, 3.05) is 23.7 Å². The van der Waals surface area contributed by atoms with E-state index in [-0.39, 0.29) is 29.6 Å². The molecule has 122 valence electrons.